The zero-order chi connectivity index (χ0) is 28.3. The van der Waals surface area contributed by atoms with Gasteiger partial charge in [0.25, 0.3) is 5.91 Å². The van der Waals surface area contributed by atoms with Crippen molar-refractivity contribution < 1.29 is 31.8 Å². The predicted molar refractivity (Wildman–Crippen MR) is 130 cm³/mol. The predicted octanol–water partition coefficient (Wildman–Crippen LogP) is 4.24. The first-order chi connectivity index (χ1) is 18.3. The molecule has 3 aromatic heterocycles. The van der Waals surface area contributed by atoms with E-state index >= 15 is 4.39 Å². The third-order valence-corrected chi connectivity index (χ3v) is 7.37. The summed E-state index contributed by atoms with van der Waals surface area (Å²) in [7, 11) is 1.30. The molecule has 5 rings (SSSR count). The van der Waals surface area contributed by atoms with Gasteiger partial charge in [0.1, 0.15) is 16.4 Å². The molecule has 4 heterocycles. The molecule has 208 valence electrons. The topological polar surface area (TPSA) is 113 Å². The second-order valence-electron chi connectivity index (χ2n) is 9.73. The molecule has 0 unspecified atom stereocenters. The lowest BCUT2D eigenvalue weighted by atomic mass is 9.95. The number of carbonyl (C=O) groups excluding carboxylic acids is 1. The van der Waals surface area contributed by atoms with Crippen LogP contribution < -0.4 is 20.5 Å². The van der Waals surface area contributed by atoms with Gasteiger partial charge in [-0.1, -0.05) is 11.6 Å². The highest BCUT2D eigenvalue weighted by Crippen LogP contribution is 2.53. The zero-order valence-electron chi connectivity index (χ0n) is 21.0. The van der Waals surface area contributed by atoms with Gasteiger partial charge in [-0.3, -0.25) is 9.36 Å². The van der Waals surface area contributed by atoms with E-state index in [0.29, 0.717) is 42.0 Å². The fourth-order valence-corrected chi connectivity index (χ4v) is 4.76. The molecule has 10 nitrogen and oxygen atoms in total. The number of aryl methyl sites for hydroxylation is 1. The van der Waals surface area contributed by atoms with Crippen molar-refractivity contribution in [2.24, 2.45) is 5.41 Å². The van der Waals surface area contributed by atoms with Crippen molar-refractivity contribution in [1.82, 2.24) is 24.3 Å². The summed E-state index contributed by atoms with van der Waals surface area (Å²) >= 11 is 6.24. The number of anilines is 1. The highest BCUT2D eigenvalue weighted by atomic mass is 35.5. The van der Waals surface area contributed by atoms with Crippen LogP contribution in [0, 0.1) is 18.2 Å². The second-order valence-corrected chi connectivity index (χ2v) is 10.1. The highest BCUT2D eigenvalue weighted by Gasteiger charge is 2.46. The molecule has 2 aliphatic rings. The lowest BCUT2D eigenvalue weighted by Crippen LogP contribution is -2.33. The number of nitrogens with one attached hydrogen (secondary N) is 1. The van der Waals surface area contributed by atoms with Crippen LogP contribution in [-0.2, 0) is 13.0 Å². The summed E-state index contributed by atoms with van der Waals surface area (Å²) in [6.45, 7) is 2.66. The molecular formula is C24H23ClF4N6O4. The number of nitrogens with zero attached hydrogens (tertiary/aromatic N) is 5. The average molecular weight is 571 g/mol. The summed E-state index contributed by atoms with van der Waals surface area (Å²) in [5.41, 5.74) is -0.822. The van der Waals surface area contributed by atoms with Crippen molar-refractivity contribution in [3.05, 3.63) is 50.5 Å². The van der Waals surface area contributed by atoms with E-state index in [4.69, 9.17) is 21.1 Å². The van der Waals surface area contributed by atoms with Crippen molar-refractivity contribution in [3.8, 4) is 17.6 Å². The van der Waals surface area contributed by atoms with Crippen LogP contribution in [0.5, 0.6) is 11.8 Å². The Balaban J connectivity index is 1.57. The first kappa shape index (κ1) is 26.9. The molecule has 0 aromatic carbocycles. The monoisotopic (exact) mass is 570 g/mol. The Kier molecular flexibility index (Phi) is 6.56. The largest absolute Gasteiger partial charge is 0.480 e. The first-order valence-corrected chi connectivity index (χ1v) is 12.3. The molecule has 3 aromatic rings. The Morgan fingerprint density at radius 2 is 1.97 bits per heavy atom. The van der Waals surface area contributed by atoms with Crippen LogP contribution in [0.1, 0.15) is 47.9 Å². The average Bonchev–Trinajstić information content (AvgIpc) is 3.54. The molecule has 0 bridgehead atoms. The quantitative estimate of drug-likeness (QED) is 0.441. The zero-order valence-corrected chi connectivity index (χ0v) is 21.8. The Hall–Kier alpha value is -3.68. The minimum atomic E-state index is -4.83. The maximum absolute atomic E-state index is 15.4. The molecule has 0 saturated heterocycles. The van der Waals surface area contributed by atoms with E-state index in [1.807, 2.05) is 0 Å². The van der Waals surface area contributed by atoms with Crippen LogP contribution in [0.4, 0.5) is 23.2 Å². The molecule has 0 radical (unpaired) electrons. The molecule has 1 spiro atoms. The van der Waals surface area contributed by atoms with Crippen molar-refractivity contribution in [2.45, 2.75) is 58.4 Å². The number of alkyl halides is 3. The number of hydrogen-bond acceptors (Lipinski definition) is 7. The minimum Gasteiger partial charge on any atom is -0.480 e. The Bertz CT molecular complexity index is 1530. The van der Waals surface area contributed by atoms with Crippen LogP contribution in [0.15, 0.2) is 17.1 Å². The summed E-state index contributed by atoms with van der Waals surface area (Å²) < 4.78 is 67.6. The summed E-state index contributed by atoms with van der Waals surface area (Å²) in [6, 6.07) is 0.644. The molecule has 1 amide bonds. The van der Waals surface area contributed by atoms with Crippen LogP contribution in [0.3, 0.4) is 0 Å². The highest BCUT2D eigenvalue weighted by molar-refractivity contribution is 6.35. The molecule has 1 fully saturated rings. The molecular weight excluding hydrogens is 548 g/mol. The van der Waals surface area contributed by atoms with Gasteiger partial charge in [0.2, 0.25) is 11.8 Å². The second kappa shape index (κ2) is 9.50. The van der Waals surface area contributed by atoms with Crippen molar-refractivity contribution in [1.29, 1.82) is 0 Å². The number of halogens is 5. The van der Waals surface area contributed by atoms with E-state index in [9.17, 15) is 22.8 Å². The number of methoxy groups -OCH3 is 1. The minimum absolute atomic E-state index is 0.0181. The summed E-state index contributed by atoms with van der Waals surface area (Å²) in [6.07, 6.45) is -2.57. The normalized spacial score (nSPS) is 16.5. The number of ether oxygens (including phenoxy) is 2. The van der Waals surface area contributed by atoms with Crippen molar-refractivity contribution >= 4 is 23.2 Å². The summed E-state index contributed by atoms with van der Waals surface area (Å²) in [5.74, 6) is -3.35. The molecule has 1 saturated carbocycles. The van der Waals surface area contributed by atoms with Gasteiger partial charge in [0.15, 0.2) is 17.7 Å². The molecule has 39 heavy (non-hydrogen) atoms. The number of rotatable bonds is 6. The SMILES string of the molecule is COc1ncc(C)c(NC(=O)c2cc(F)c(-n3nc4n(c3=O)CCC3(CC3)C4)nc2O[C@@H](C)C(F)(F)F)c1Cl. The third kappa shape index (κ3) is 4.92. The Morgan fingerprint density at radius 1 is 1.26 bits per heavy atom. The lowest BCUT2D eigenvalue weighted by molar-refractivity contribution is -0.190. The summed E-state index contributed by atoms with van der Waals surface area (Å²) in [5, 5.41) is 6.57. The third-order valence-electron chi connectivity index (χ3n) is 7.02. The fourth-order valence-electron chi connectivity index (χ4n) is 4.44. The van der Waals surface area contributed by atoms with Gasteiger partial charge in [-0.2, -0.15) is 22.8 Å². The van der Waals surface area contributed by atoms with Crippen LogP contribution in [-0.4, -0.2) is 49.6 Å². The fraction of sp³-hybridized carbons (Fsp3) is 0.458. The number of hydrogen-bond donors (Lipinski definition) is 1. The van der Waals surface area contributed by atoms with Gasteiger partial charge in [-0.05, 0) is 50.2 Å². The lowest BCUT2D eigenvalue weighted by Gasteiger charge is -2.20. The van der Waals surface area contributed by atoms with E-state index in [0.717, 1.165) is 19.3 Å². The maximum Gasteiger partial charge on any atom is 0.425 e. The number of amides is 1. The molecule has 1 atom stereocenters. The number of carbonyl (C=O) groups is 1. The van der Waals surface area contributed by atoms with Gasteiger partial charge in [0, 0.05) is 19.2 Å². The van der Waals surface area contributed by atoms with Crippen molar-refractivity contribution in [3.63, 3.8) is 0 Å². The van der Waals surface area contributed by atoms with Crippen molar-refractivity contribution in [2.75, 3.05) is 12.4 Å². The maximum atomic E-state index is 15.4. The number of pyridine rings is 2. The van der Waals surface area contributed by atoms with Gasteiger partial charge < -0.3 is 14.8 Å². The van der Waals surface area contributed by atoms with Gasteiger partial charge >= 0.3 is 11.9 Å². The van der Waals surface area contributed by atoms with Gasteiger partial charge in [-0.15, -0.1) is 5.10 Å². The molecule has 15 heteroatoms. The van der Waals surface area contributed by atoms with Crippen LogP contribution >= 0.6 is 11.6 Å². The molecule has 1 N–H and O–H groups in total. The van der Waals surface area contributed by atoms with Crippen LogP contribution in [0.25, 0.3) is 5.82 Å². The van der Waals surface area contributed by atoms with E-state index in [2.05, 4.69) is 20.4 Å². The van der Waals surface area contributed by atoms with Gasteiger partial charge in [-0.25, -0.2) is 14.2 Å². The molecule has 1 aliphatic heterocycles. The van der Waals surface area contributed by atoms with Gasteiger partial charge in [0.05, 0.1) is 12.8 Å². The standard InChI is InChI=1S/C24H23ClF4N6O4/c1-11-10-30-21(38-3)16(25)17(11)31-19(36)13-8-14(26)18(32-20(13)39-12(2)24(27,28)29)35-22(37)34-7-6-23(4-5-23)9-15(34)33-35/h8,10,12H,4-7,9H2,1-3H3,(H,30,31,36)/t12-/m0/s1. The van der Waals surface area contributed by atoms with E-state index in [-0.39, 0.29) is 22.0 Å². The number of aromatic nitrogens is 5. The van der Waals surface area contributed by atoms with E-state index in [1.54, 1.807) is 6.92 Å². The van der Waals surface area contributed by atoms with E-state index in [1.165, 1.54) is 17.9 Å². The smallest absolute Gasteiger partial charge is 0.425 e. The van der Waals surface area contributed by atoms with Crippen LogP contribution in [0.2, 0.25) is 5.02 Å². The first-order valence-electron chi connectivity index (χ1n) is 12.0. The molecule has 1 aliphatic carbocycles. The Morgan fingerprint density at radius 3 is 2.62 bits per heavy atom. The Labute approximate surface area is 223 Å². The summed E-state index contributed by atoms with van der Waals surface area (Å²) in [4.78, 5) is 34.0. The van der Waals surface area contributed by atoms with E-state index < -0.39 is 47.0 Å². The number of fused-ring (bicyclic) bond motifs is 1.